The summed E-state index contributed by atoms with van der Waals surface area (Å²) >= 11 is 0. The number of nitrogens with one attached hydrogen (secondary N) is 1. The summed E-state index contributed by atoms with van der Waals surface area (Å²) in [4.78, 5) is 0. The molecule has 24 heavy (non-hydrogen) atoms. The van der Waals surface area contributed by atoms with E-state index in [0.29, 0.717) is 6.42 Å². The molecular weight excluding hydrogens is 326 g/mol. The highest BCUT2D eigenvalue weighted by molar-refractivity contribution is 4.97. The molecule has 2 fully saturated rings. The van der Waals surface area contributed by atoms with Gasteiger partial charge in [-0.3, -0.25) is 0 Å². The number of aliphatic hydroxyl groups is 7. The van der Waals surface area contributed by atoms with Crippen LogP contribution in [-0.4, -0.2) is 111 Å². The summed E-state index contributed by atoms with van der Waals surface area (Å²) in [6, 6.07) is -0.438. The topological polar surface area (TPSA) is 172 Å². The second-order valence-corrected chi connectivity index (χ2v) is 6.35. The maximum Gasteiger partial charge on any atom is 0.187 e. The Morgan fingerprint density at radius 3 is 2.12 bits per heavy atom. The van der Waals surface area contributed by atoms with E-state index >= 15 is 0 Å². The van der Waals surface area contributed by atoms with Gasteiger partial charge < -0.3 is 50.5 Å². The molecule has 2 aliphatic rings. The summed E-state index contributed by atoms with van der Waals surface area (Å²) in [6.07, 6.45) is -10.6. The van der Waals surface area contributed by atoms with Gasteiger partial charge in [0, 0.05) is 18.6 Å². The number of aliphatic hydroxyl groups excluding tert-OH is 7. The maximum absolute atomic E-state index is 10.3. The molecule has 2 rings (SSSR count). The Bertz CT molecular complexity index is 396. The minimum Gasteiger partial charge on any atom is -0.396 e. The van der Waals surface area contributed by atoms with Gasteiger partial charge in [0.05, 0.1) is 18.8 Å². The Labute approximate surface area is 139 Å². The highest BCUT2D eigenvalue weighted by Crippen LogP contribution is 2.31. The highest BCUT2D eigenvalue weighted by atomic mass is 16.7. The quantitative estimate of drug-likeness (QED) is 0.241. The number of hydrogen-bond donors (Lipinski definition) is 8. The zero-order valence-electron chi connectivity index (χ0n) is 13.3. The first-order valence-electron chi connectivity index (χ1n) is 7.95. The van der Waals surface area contributed by atoms with Crippen LogP contribution in [0.2, 0.25) is 0 Å². The Morgan fingerprint density at radius 2 is 1.58 bits per heavy atom. The molecule has 1 heterocycles. The van der Waals surface area contributed by atoms with Gasteiger partial charge in [-0.05, 0) is 13.5 Å². The number of hydrogen-bond acceptors (Lipinski definition) is 10. The van der Waals surface area contributed by atoms with E-state index in [9.17, 15) is 35.7 Å². The Balaban J connectivity index is 2.12. The van der Waals surface area contributed by atoms with Crippen molar-refractivity contribution in [1.82, 2.24) is 5.32 Å². The van der Waals surface area contributed by atoms with Crippen molar-refractivity contribution < 1.29 is 45.2 Å². The maximum atomic E-state index is 10.3. The monoisotopic (exact) mass is 353 g/mol. The lowest BCUT2D eigenvalue weighted by Crippen LogP contribution is -2.63. The van der Waals surface area contributed by atoms with Gasteiger partial charge in [0.15, 0.2) is 6.29 Å². The number of rotatable bonds is 5. The first-order valence-corrected chi connectivity index (χ1v) is 7.95. The summed E-state index contributed by atoms with van der Waals surface area (Å²) < 4.78 is 10.8. The third kappa shape index (κ3) is 3.73. The molecule has 0 amide bonds. The molecule has 142 valence electrons. The molecule has 1 aliphatic heterocycles. The summed E-state index contributed by atoms with van der Waals surface area (Å²) in [6.45, 7) is -0.935. The van der Waals surface area contributed by atoms with Crippen molar-refractivity contribution >= 4 is 0 Å². The van der Waals surface area contributed by atoms with Crippen LogP contribution in [0, 0.1) is 5.92 Å². The second-order valence-electron chi connectivity index (χ2n) is 6.35. The molecule has 10 unspecified atom stereocenters. The molecular formula is C14H27NO9. The smallest absolute Gasteiger partial charge is 0.187 e. The van der Waals surface area contributed by atoms with Crippen LogP contribution in [0.4, 0.5) is 0 Å². The van der Waals surface area contributed by atoms with Crippen molar-refractivity contribution in [2.24, 2.45) is 5.92 Å². The van der Waals surface area contributed by atoms with Gasteiger partial charge in [-0.2, -0.15) is 0 Å². The lowest BCUT2D eigenvalue weighted by Gasteiger charge is -2.46. The Morgan fingerprint density at radius 1 is 0.917 bits per heavy atom. The van der Waals surface area contributed by atoms with Gasteiger partial charge in [-0.25, -0.2) is 0 Å². The van der Waals surface area contributed by atoms with Gasteiger partial charge in [0.1, 0.15) is 30.5 Å². The van der Waals surface area contributed by atoms with Gasteiger partial charge in [0.25, 0.3) is 0 Å². The molecule has 0 aromatic heterocycles. The molecule has 1 aliphatic carbocycles. The average molecular weight is 353 g/mol. The molecule has 10 heteroatoms. The van der Waals surface area contributed by atoms with Crippen LogP contribution in [0.15, 0.2) is 0 Å². The van der Waals surface area contributed by atoms with E-state index in [1.165, 1.54) is 0 Å². The fraction of sp³-hybridized carbons (Fsp3) is 1.00. The SMILES string of the molecule is CNC1CC(CO)C(OC2OC(CO)C(O)C(O)C2O)C(O)C1O. The van der Waals surface area contributed by atoms with E-state index in [1.54, 1.807) is 7.05 Å². The van der Waals surface area contributed by atoms with E-state index in [4.69, 9.17) is 9.47 Å². The summed E-state index contributed by atoms with van der Waals surface area (Å²) in [5.41, 5.74) is 0. The van der Waals surface area contributed by atoms with Crippen molar-refractivity contribution in [1.29, 1.82) is 0 Å². The molecule has 1 saturated heterocycles. The van der Waals surface area contributed by atoms with E-state index in [-0.39, 0.29) is 6.61 Å². The lowest BCUT2D eigenvalue weighted by molar-refractivity contribution is -0.328. The zero-order valence-corrected chi connectivity index (χ0v) is 13.3. The molecule has 8 N–H and O–H groups in total. The highest BCUT2D eigenvalue weighted by Gasteiger charge is 2.49. The second kappa shape index (κ2) is 8.32. The fourth-order valence-corrected chi connectivity index (χ4v) is 3.30. The van der Waals surface area contributed by atoms with Crippen LogP contribution in [0.5, 0.6) is 0 Å². The molecule has 0 aromatic carbocycles. The molecule has 0 spiro atoms. The fourth-order valence-electron chi connectivity index (χ4n) is 3.30. The minimum atomic E-state index is -1.62. The minimum absolute atomic E-state index is 0.313. The Hall–Kier alpha value is -0.400. The van der Waals surface area contributed by atoms with Crippen molar-refractivity contribution in [3.63, 3.8) is 0 Å². The lowest BCUT2D eigenvalue weighted by atomic mass is 9.79. The van der Waals surface area contributed by atoms with Gasteiger partial charge in [-0.1, -0.05) is 0 Å². The number of likely N-dealkylation sites (N-methyl/N-ethyl adjacent to an activating group) is 1. The standard InChI is InChI=1S/C14H27NO9/c1-15-6-2-5(3-16)13(11(21)8(6)18)24-14-12(22)10(20)9(19)7(4-17)23-14/h5-22H,2-4H2,1H3. The average Bonchev–Trinajstić information content (AvgIpc) is 2.59. The summed E-state index contributed by atoms with van der Waals surface area (Å²) in [5.74, 6) is -0.548. The van der Waals surface area contributed by atoms with Crippen LogP contribution in [0.3, 0.4) is 0 Å². The van der Waals surface area contributed by atoms with Crippen LogP contribution in [0.1, 0.15) is 6.42 Å². The largest absolute Gasteiger partial charge is 0.396 e. The third-order valence-electron chi connectivity index (χ3n) is 4.87. The molecule has 1 saturated carbocycles. The third-order valence-corrected chi connectivity index (χ3v) is 4.87. The van der Waals surface area contributed by atoms with Gasteiger partial charge in [-0.15, -0.1) is 0 Å². The molecule has 0 aromatic rings. The molecule has 10 nitrogen and oxygen atoms in total. The molecule has 0 bridgehead atoms. The predicted molar refractivity (Wildman–Crippen MR) is 78.7 cm³/mol. The van der Waals surface area contributed by atoms with Gasteiger partial charge >= 0.3 is 0 Å². The van der Waals surface area contributed by atoms with Crippen LogP contribution in [0.25, 0.3) is 0 Å². The predicted octanol–water partition coefficient (Wildman–Crippen LogP) is -4.51. The molecule has 0 radical (unpaired) electrons. The Kier molecular flexibility index (Phi) is 6.90. The summed E-state index contributed by atoms with van der Waals surface area (Å²) in [7, 11) is 1.62. The van der Waals surface area contributed by atoms with E-state index in [0.717, 1.165) is 0 Å². The normalized spacial score (nSPS) is 50.0. The van der Waals surface area contributed by atoms with Crippen LogP contribution >= 0.6 is 0 Å². The van der Waals surface area contributed by atoms with Crippen LogP contribution in [-0.2, 0) is 9.47 Å². The van der Waals surface area contributed by atoms with Crippen molar-refractivity contribution in [3.05, 3.63) is 0 Å². The van der Waals surface area contributed by atoms with E-state index in [1.807, 2.05) is 0 Å². The van der Waals surface area contributed by atoms with E-state index < -0.39 is 67.6 Å². The first-order chi connectivity index (χ1) is 11.3. The van der Waals surface area contributed by atoms with Gasteiger partial charge in [0.2, 0.25) is 0 Å². The van der Waals surface area contributed by atoms with E-state index in [2.05, 4.69) is 5.32 Å². The van der Waals surface area contributed by atoms with Crippen molar-refractivity contribution in [3.8, 4) is 0 Å². The zero-order chi connectivity index (χ0) is 18.0. The van der Waals surface area contributed by atoms with Crippen molar-refractivity contribution in [2.75, 3.05) is 20.3 Å². The summed E-state index contributed by atoms with van der Waals surface area (Å²) in [5, 5.41) is 71.5. The van der Waals surface area contributed by atoms with Crippen LogP contribution < -0.4 is 5.32 Å². The van der Waals surface area contributed by atoms with Crippen molar-refractivity contribution in [2.45, 2.75) is 61.5 Å². The number of ether oxygens (including phenoxy) is 2. The molecule has 10 atom stereocenters. The first kappa shape index (κ1) is 19.9.